The van der Waals surface area contributed by atoms with Crippen molar-refractivity contribution in [3.05, 3.63) is 59.5 Å². The van der Waals surface area contributed by atoms with Crippen molar-refractivity contribution < 1.29 is 14.3 Å². The van der Waals surface area contributed by atoms with Gasteiger partial charge in [0.05, 0.1) is 25.0 Å². The Kier molecular flexibility index (Phi) is 4.98. The highest BCUT2D eigenvalue weighted by atomic mass is 16.3. The van der Waals surface area contributed by atoms with Gasteiger partial charge in [-0.2, -0.15) is 0 Å². The summed E-state index contributed by atoms with van der Waals surface area (Å²) in [6, 6.07) is 11.2. The van der Waals surface area contributed by atoms with Crippen LogP contribution in [0.25, 0.3) is 0 Å². The average molecular weight is 314 g/mol. The van der Waals surface area contributed by atoms with E-state index in [-0.39, 0.29) is 24.7 Å². The average Bonchev–Trinajstić information content (AvgIpc) is 3.05. The molecule has 0 saturated carbocycles. The predicted molar refractivity (Wildman–Crippen MR) is 87.1 cm³/mol. The zero-order valence-electron chi connectivity index (χ0n) is 13.0. The van der Waals surface area contributed by atoms with Crippen molar-refractivity contribution in [1.82, 2.24) is 10.6 Å². The number of nitrogens with one attached hydrogen (secondary N) is 2. The standard InChI is InChI=1S/C18H22N2O3/c21-12-14(11-13-5-2-1-3-6-13)19-18(22)20-16-7-4-8-17-15(16)9-10-23-17/h1-3,5-6,9-10,14,16,21H,4,7-8,11-12H2,(H2,19,20,22)/t14-,16+/m0/s1. The first-order chi connectivity index (χ1) is 11.3. The summed E-state index contributed by atoms with van der Waals surface area (Å²) in [7, 11) is 0. The molecule has 0 fully saturated rings. The number of aliphatic hydroxyl groups excluding tert-OH is 1. The Hall–Kier alpha value is -2.27. The van der Waals surface area contributed by atoms with Crippen LogP contribution in [0, 0.1) is 0 Å². The molecule has 1 aromatic heterocycles. The molecule has 0 bridgehead atoms. The largest absolute Gasteiger partial charge is 0.469 e. The number of carbonyl (C=O) groups is 1. The number of aliphatic hydroxyl groups is 1. The molecule has 2 aromatic rings. The van der Waals surface area contributed by atoms with E-state index in [1.807, 2.05) is 36.4 Å². The van der Waals surface area contributed by atoms with Gasteiger partial charge in [0.25, 0.3) is 0 Å². The Balaban J connectivity index is 1.56. The Labute approximate surface area is 135 Å². The smallest absolute Gasteiger partial charge is 0.315 e. The maximum absolute atomic E-state index is 12.2. The van der Waals surface area contributed by atoms with E-state index in [0.29, 0.717) is 6.42 Å². The van der Waals surface area contributed by atoms with Gasteiger partial charge in [-0.3, -0.25) is 0 Å². The summed E-state index contributed by atoms with van der Waals surface area (Å²) in [5, 5.41) is 15.4. The molecule has 122 valence electrons. The van der Waals surface area contributed by atoms with Crippen molar-refractivity contribution >= 4 is 6.03 Å². The summed E-state index contributed by atoms with van der Waals surface area (Å²) in [5.41, 5.74) is 2.15. The highest BCUT2D eigenvalue weighted by molar-refractivity contribution is 5.75. The van der Waals surface area contributed by atoms with Gasteiger partial charge >= 0.3 is 6.03 Å². The fourth-order valence-electron chi connectivity index (χ4n) is 3.08. The molecule has 0 unspecified atom stereocenters. The van der Waals surface area contributed by atoms with Crippen molar-refractivity contribution in [2.75, 3.05) is 6.61 Å². The van der Waals surface area contributed by atoms with E-state index in [2.05, 4.69) is 10.6 Å². The minimum absolute atomic E-state index is 0.0198. The van der Waals surface area contributed by atoms with Gasteiger partial charge in [0.15, 0.2) is 0 Å². The summed E-state index contributed by atoms with van der Waals surface area (Å²) in [5.74, 6) is 0.963. The quantitative estimate of drug-likeness (QED) is 0.794. The summed E-state index contributed by atoms with van der Waals surface area (Å²) < 4.78 is 5.44. The van der Waals surface area contributed by atoms with Gasteiger partial charge in [0.2, 0.25) is 0 Å². The van der Waals surface area contributed by atoms with E-state index in [4.69, 9.17) is 4.42 Å². The number of amides is 2. The second-order valence-corrected chi connectivity index (χ2v) is 5.93. The Morgan fingerprint density at radius 2 is 2.13 bits per heavy atom. The summed E-state index contributed by atoms with van der Waals surface area (Å²) in [6.07, 6.45) is 5.11. The molecule has 0 saturated heterocycles. The molecule has 0 radical (unpaired) electrons. The Morgan fingerprint density at radius 1 is 1.30 bits per heavy atom. The lowest BCUT2D eigenvalue weighted by Gasteiger charge is -2.24. The van der Waals surface area contributed by atoms with Gasteiger partial charge < -0.3 is 20.2 Å². The zero-order chi connectivity index (χ0) is 16.1. The van der Waals surface area contributed by atoms with E-state index in [1.165, 1.54) is 0 Å². The van der Waals surface area contributed by atoms with Gasteiger partial charge in [-0.05, 0) is 30.9 Å². The number of furan rings is 1. The van der Waals surface area contributed by atoms with Crippen LogP contribution in [-0.2, 0) is 12.8 Å². The number of aryl methyl sites for hydroxylation is 1. The van der Waals surface area contributed by atoms with E-state index >= 15 is 0 Å². The fraction of sp³-hybridized carbons (Fsp3) is 0.389. The maximum Gasteiger partial charge on any atom is 0.315 e. The number of urea groups is 1. The lowest BCUT2D eigenvalue weighted by molar-refractivity contribution is 0.212. The molecule has 3 N–H and O–H groups in total. The van der Waals surface area contributed by atoms with Crippen LogP contribution in [0.5, 0.6) is 0 Å². The number of carbonyl (C=O) groups excluding carboxylic acids is 1. The molecule has 1 aliphatic carbocycles. The third kappa shape index (κ3) is 3.93. The van der Waals surface area contributed by atoms with Crippen molar-refractivity contribution in [1.29, 1.82) is 0 Å². The molecule has 2 atom stereocenters. The predicted octanol–water partition coefficient (Wildman–Crippen LogP) is 2.56. The SMILES string of the molecule is O=C(N[C@H](CO)Cc1ccccc1)N[C@@H]1CCCc2occc21. The van der Waals surface area contributed by atoms with Crippen molar-refractivity contribution in [2.24, 2.45) is 0 Å². The van der Waals surface area contributed by atoms with Crippen LogP contribution < -0.4 is 10.6 Å². The lowest BCUT2D eigenvalue weighted by atomic mass is 9.93. The van der Waals surface area contributed by atoms with Gasteiger partial charge in [-0.1, -0.05) is 30.3 Å². The highest BCUT2D eigenvalue weighted by Gasteiger charge is 2.24. The van der Waals surface area contributed by atoms with Gasteiger partial charge in [0.1, 0.15) is 5.76 Å². The molecule has 5 nitrogen and oxygen atoms in total. The zero-order valence-corrected chi connectivity index (χ0v) is 13.0. The van der Waals surface area contributed by atoms with Crippen molar-refractivity contribution in [3.8, 4) is 0 Å². The van der Waals surface area contributed by atoms with Crippen LogP contribution in [-0.4, -0.2) is 23.8 Å². The van der Waals surface area contributed by atoms with Gasteiger partial charge in [0, 0.05) is 12.0 Å². The molecular weight excluding hydrogens is 292 g/mol. The van der Waals surface area contributed by atoms with Crippen LogP contribution in [0.15, 0.2) is 47.1 Å². The van der Waals surface area contributed by atoms with Gasteiger partial charge in [-0.25, -0.2) is 4.79 Å². The van der Waals surface area contributed by atoms with E-state index < -0.39 is 0 Å². The maximum atomic E-state index is 12.2. The Morgan fingerprint density at radius 3 is 2.91 bits per heavy atom. The van der Waals surface area contributed by atoms with Crippen LogP contribution in [0.3, 0.4) is 0 Å². The first kappa shape index (κ1) is 15.6. The number of fused-ring (bicyclic) bond motifs is 1. The second kappa shape index (κ2) is 7.33. The first-order valence-electron chi connectivity index (χ1n) is 8.04. The molecule has 0 aliphatic heterocycles. The topological polar surface area (TPSA) is 74.5 Å². The number of hydrogen-bond acceptors (Lipinski definition) is 3. The fourth-order valence-corrected chi connectivity index (χ4v) is 3.08. The van der Waals surface area contributed by atoms with E-state index in [9.17, 15) is 9.90 Å². The number of hydrogen-bond donors (Lipinski definition) is 3. The van der Waals surface area contributed by atoms with Crippen LogP contribution in [0.4, 0.5) is 4.79 Å². The molecule has 0 spiro atoms. The van der Waals surface area contributed by atoms with Gasteiger partial charge in [-0.15, -0.1) is 0 Å². The molecule has 23 heavy (non-hydrogen) atoms. The summed E-state index contributed by atoms with van der Waals surface area (Å²) in [4.78, 5) is 12.2. The van der Waals surface area contributed by atoms with Crippen LogP contribution in [0.2, 0.25) is 0 Å². The van der Waals surface area contributed by atoms with Crippen LogP contribution in [0.1, 0.15) is 35.8 Å². The molecule has 1 aliphatic rings. The molecule has 1 heterocycles. The molecule has 3 rings (SSSR count). The molecular formula is C18H22N2O3. The summed E-state index contributed by atoms with van der Waals surface area (Å²) in [6.45, 7) is -0.0933. The summed E-state index contributed by atoms with van der Waals surface area (Å²) >= 11 is 0. The molecule has 2 amide bonds. The van der Waals surface area contributed by atoms with Crippen molar-refractivity contribution in [2.45, 2.75) is 37.8 Å². The minimum Gasteiger partial charge on any atom is -0.469 e. The third-order valence-corrected chi connectivity index (χ3v) is 4.24. The number of benzene rings is 1. The lowest BCUT2D eigenvalue weighted by Crippen LogP contribution is -2.46. The van der Waals surface area contributed by atoms with E-state index in [0.717, 1.165) is 36.1 Å². The second-order valence-electron chi connectivity index (χ2n) is 5.93. The normalized spacial score (nSPS) is 18.0. The first-order valence-corrected chi connectivity index (χ1v) is 8.04. The number of rotatable bonds is 5. The molecule has 1 aromatic carbocycles. The third-order valence-electron chi connectivity index (χ3n) is 4.24. The van der Waals surface area contributed by atoms with Crippen molar-refractivity contribution in [3.63, 3.8) is 0 Å². The van der Waals surface area contributed by atoms with Crippen LogP contribution >= 0.6 is 0 Å². The minimum atomic E-state index is -0.301. The Bertz CT molecular complexity index is 639. The highest BCUT2D eigenvalue weighted by Crippen LogP contribution is 2.30. The monoisotopic (exact) mass is 314 g/mol. The molecule has 5 heteroatoms. The van der Waals surface area contributed by atoms with E-state index in [1.54, 1.807) is 6.26 Å².